The number of rotatable bonds is 4. The Morgan fingerprint density at radius 1 is 1.17 bits per heavy atom. The third kappa shape index (κ3) is 3.82. The molecule has 4 heteroatoms. The van der Waals surface area contributed by atoms with Crippen LogP contribution in [0.3, 0.4) is 0 Å². The molecular weight excluding hydrogens is 300 g/mol. The zero-order chi connectivity index (χ0) is 17.0. The van der Waals surface area contributed by atoms with Gasteiger partial charge < -0.3 is 10.0 Å². The molecule has 2 heterocycles. The minimum atomic E-state index is -1.13. The van der Waals surface area contributed by atoms with Gasteiger partial charge in [0.25, 0.3) is 0 Å². The van der Waals surface area contributed by atoms with E-state index >= 15 is 0 Å². The van der Waals surface area contributed by atoms with E-state index in [-0.39, 0.29) is 12.3 Å². The number of aromatic nitrogens is 1. The van der Waals surface area contributed by atoms with Crippen molar-refractivity contribution in [2.24, 2.45) is 0 Å². The SMILES string of the molecule is CC(O)(CC(=O)N1CCC(c2ccccn2)CC1)c1ccccc1. The fourth-order valence-electron chi connectivity index (χ4n) is 3.35. The van der Waals surface area contributed by atoms with Gasteiger partial charge in [0.2, 0.25) is 5.91 Å². The lowest BCUT2D eigenvalue weighted by Gasteiger charge is -2.34. The molecule has 1 saturated heterocycles. The van der Waals surface area contributed by atoms with E-state index in [1.165, 1.54) is 0 Å². The number of carbonyl (C=O) groups excluding carboxylic acids is 1. The van der Waals surface area contributed by atoms with Crippen LogP contribution in [-0.2, 0) is 10.4 Å². The van der Waals surface area contributed by atoms with Gasteiger partial charge in [0, 0.05) is 30.9 Å². The molecule has 0 aliphatic carbocycles. The Balaban J connectivity index is 1.57. The molecule has 3 rings (SSSR count). The van der Waals surface area contributed by atoms with Gasteiger partial charge in [-0.15, -0.1) is 0 Å². The molecule has 1 N–H and O–H groups in total. The van der Waals surface area contributed by atoms with Crippen molar-refractivity contribution in [2.45, 2.75) is 37.7 Å². The van der Waals surface area contributed by atoms with Gasteiger partial charge >= 0.3 is 0 Å². The number of likely N-dealkylation sites (tertiary alicyclic amines) is 1. The molecule has 1 aliphatic heterocycles. The second-order valence-electron chi connectivity index (χ2n) is 6.73. The fraction of sp³-hybridized carbons (Fsp3) is 0.400. The monoisotopic (exact) mass is 324 g/mol. The third-order valence-corrected chi connectivity index (χ3v) is 4.84. The molecule has 24 heavy (non-hydrogen) atoms. The van der Waals surface area contributed by atoms with E-state index in [2.05, 4.69) is 11.1 Å². The lowest BCUT2D eigenvalue weighted by atomic mass is 9.90. The van der Waals surface area contributed by atoms with Crippen LogP contribution in [0.5, 0.6) is 0 Å². The quantitative estimate of drug-likeness (QED) is 0.940. The van der Waals surface area contributed by atoms with Crippen LogP contribution in [0.25, 0.3) is 0 Å². The van der Waals surface area contributed by atoms with Crippen LogP contribution < -0.4 is 0 Å². The standard InChI is InChI=1S/C20H24N2O2/c1-20(24,17-7-3-2-4-8-17)15-19(23)22-13-10-16(11-14-22)18-9-5-6-12-21-18/h2-9,12,16,24H,10-11,13-15H2,1H3. The molecule has 2 aromatic rings. The van der Waals surface area contributed by atoms with Crippen LogP contribution >= 0.6 is 0 Å². The molecule has 0 radical (unpaired) electrons. The van der Waals surface area contributed by atoms with Crippen LogP contribution in [0, 0.1) is 0 Å². The summed E-state index contributed by atoms with van der Waals surface area (Å²) in [5, 5.41) is 10.7. The molecule has 1 fully saturated rings. The summed E-state index contributed by atoms with van der Waals surface area (Å²) >= 11 is 0. The fourth-order valence-corrected chi connectivity index (χ4v) is 3.35. The van der Waals surface area contributed by atoms with Gasteiger partial charge in [-0.3, -0.25) is 9.78 Å². The maximum absolute atomic E-state index is 12.6. The molecule has 1 atom stereocenters. The topological polar surface area (TPSA) is 53.4 Å². The van der Waals surface area contributed by atoms with Crippen molar-refractivity contribution in [1.29, 1.82) is 0 Å². The van der Waals surface area contributed by atoms with E-state index in [0.717, 1.165) is 37.2 Å². The van der Waals surface area contributed by atoms with E-state index in [1.54, 1.807) is 6.92 Å². The molecule has 0 bridgehead atoms. The predicted octanol–water partition coefficient (Wildman–Crippen LogP) is 3.09. The average molecular weight is 324 g/mol. The highest BCUT2D eigenvalue weighted by atomic mass is 16.3. The molecule has 1 amide bonds. The van der Waals surface area contributed by atoms with Gasteiger partial charge in [-0.2, -0.15) is 0 Å². The van der Waals surface area contributed by atoms with Crippen LogP contribution in [0.4, 0.5) is 0 Å². The number of hydrogen-bond donors (Lipinski definition) is 1. The van der Waals surface area contributed by atoms with E-state index in [1.807, 2.05) is 53.6 Å². The van der Waals surface area contributed by atoms with Crippen molar-refractivity contribution in [3.8, 4) is 0 Å². The smallest absolute Gasteiger partial charge is 0.225 e. The Hall–Kier alpha value is -2.20. The van der Waals surface area contributed by atoms with Crippen LogP contribution in [0.2, 0.25) is 0 Å². The van der Waals surface area contributed by atoms with Gasteiger partial charge in [0.15, 0.2) is 0 Å². The van der Waals surface area contributed by atoms with Crippen molar-refractivity contribution in [3.63, 3.8) is 0 Å². The van der Waals surface area contributed by atoms with Crippen molar-refractivity contribution >= 4 is 5.91 Å². The largest absolute Gasteiger partial charge is 0.385 e. The lowest BCUT2D eigenvalue weighted by Crippen LogP contribution is -2.41. The number of pyridine rings is 1. The molecule has 0 spiro atoms. The Bertz CT molecular complexity index is 663. The summed E-state index contributed by atoms with van der Waals surface area (Å²) in [6, 6.07) is 15.4. The first-order valence-electron chi connectivity index (χ1n) is 8.53. The van der Waals surface area contributed by atoms with Gasteiger partial charge in [0.1, 0.15) is 0 Å². The maximum atomic E-state index is 12.6. The Morgan fingerprint density at radius 3 is 2.46 bits per heavy atom. The first-order valence-corrected chi connectivity index (χ1v) is 8.53. The van der Waals surface area contributed by atoms with Crippen LogP contribution in [0.1, 0.15) is 43.4 Å². The molecule has 1 aromatic carbocycles. The first kappa shape index (κ1) is 16.7. The zero-order valence-electron chi connectivity index (χ0n) is 14.1. The molecule has 4 nitrogen and oxygen atoms in total. The summed E-state index contributed by atoms with van der Waals surface area (Å²) in [5.41, 5.74) is 0.763. The van der Waals surface area contributed by atoms with Crippen molar-refractivity contribution in [3.05, 3.63) is 66.0 Å². The number of nitrogens with zero attached hydrogens (tertiary/aromatic N) is 2. The summed E-state index contributed by atoms with van der Waals surface area (Å²) in [7, 11) is 0. The van der Waals surface area contributed by atoms with Crippen LogP contribution in [0.15, 0.2) is 54.7 Å². The summed E-state index contributed by atoms with van der Waals surface area (Å²) in [4.78, 5) is 18.9. The number of benzene rings is 1. The molecule has 1 aromatic heterocycles. The van der Waals surface area contributed by atoms with E-state index < -0.39 is 5.60 Å². The van der Waals surface area contributed by atoms with Gasteiger partial charge in [0.05, 0.1) is 12.0 Å². The van der Waals surface area contributed by atoms with Crippen molar-refractivity contribution in [2.75, 3.05) is 13.1 Å². The maximum Gasteiger partial charge on any atom is 0.225 e. The molecule has 126 valence electrons. The van der Waals surface area contributed by atoms with E-state index in [4.69, 9.17) is 0 Å². The summed E-state index contributed by atoms with van der Waals surface area (Å²) in [5.74, 6) is 0.438. The zero-order valence-corrected chi connectivity index (χ0v) is 14.1. The van der Waals surface area contributed by atoms with E-state index in [9.17, 15) is 9.90 Å². The highest BCUT2D eigenvalue weighted by molar-refractivity contribution is 5.77. The first-order chi connectivity index (χ1) is 11.6. The van der Waals surface area contributed by atoms with Gasteiger partial charge in [-0.25, -0.2) is 0 Å². The minimum absolute atomic E-state index is 0.0170. The highest BCUT2D eigenvalue weighted by Gasteiger charge is 2.31. The Kier molecular flexibility index (Phi) is 4.95. The van der Waals surface area contributed by atoms with Crippen molar-refractivity contribution in [1.82, 2.24) is 9.88 Å². The third-order valence-electron chi connectivity index (χ3n) is 4.84. The lowest BCUT2D eigenvalue weighted by molar-refractivity contribution is -0.137. The molecule has 1 aliphatic rings. The number of piperidine rings is 1. The minimum Gasteiger partial charge on any atom is -0.385 e. The molecule has 1 unspecified atom stereocenters. The second kappa shape index (κ2) is 7.14. The average Bonchev–Trinajstić information content (AvgIpc) is 2.63. The summed E-state index contributed by atoms with van der Waals surface area (Å²) < 4.78 is 0. The van der Waals surface area contributed by atoms with Gasteiger partial charge in [-0.1, -0.05) is 36.4 Å². The molecule has 0 saturated carbocycles. The number of aliphatic hydroxyl groups is 1. The molecular formula is C20H24N2O2. The number of carbonyl (C=O) groups is 1. The van der Waals surface area contributed by atoms with Gasteiger partial charge in [-0.05, 0) is 37.5 Å². The number of hydrogen-bond acceptors (Lipinski definition) is 3. The Labute approximate surface area is 143 Å². The van der Waals surface area contributed by atoms with Crippen molar-refractivity contribution < 1.29 is 9.90 Å². The number of amides is 1. The normalized spacial score (nSPS) is 18.2. The predicted molar refractivity (Wildman–Crippen MR) is 93.4 cm³/mol. The second-order valence-corrected chi connectivity index (χ2v) is 6.73. The summed E-state index contributed by atoms with van der Waals surface area (Å²) in [6.45, 7) is 3.16. The highest BCUT2D eigenvalue weighted by Crippen LogP contribution is 2.29. The van der Waals surface area contributed by atoms with E-state index in [0.29, 0.717) is 5.92 Å². The Morgan fingerprint density at radius 2 is 1.83 bits per heavy atom. The summed E-state index contributed by atoms with van der Waals surface area (Å²) in [6.07, 6.45) is 3.79. The van der Waals surface area contributed by atoms with Crippen LogP contribution in [-0.4, -0.2) is 34.0 Å².